The lowest BCUT2D eigenvalue weighted by atomic mass is 10.00. The SMILES string of the molecule is Clc1ccc(-c2nn(Cc3ccccc3)c3c2CN(Cc2ccccc2)CC3)cc1. The van der Waals surface area contributed by atoms with E-state index >= 15 is 0 Å². The minimum Gasteiger partial charge on any atom is -0.294 e. The Bertz CT molecular complexity index is 1120. The molecule has 0 fully saturated rings. The summed E-state index contributed by atoms with van der Waals surface area (Å²) in [5.74, 6) is 0. The summed E-state index contributed by atoms with van der Waals surface area (Å²) in [6.45, 7) is 3.72. The van der Waals surface area contributed by atoms with Crippen molar-refractivity contribution in [2.75, 3.05) is 6.54 Å². The molecule has 1 aliphatic heterocycles. The van der Waals surface area contributed by atoms with Crippen molar-refractivity contribution in [3.05, 3.63) is 112 Å². The van der Waals surface area contributed by atoms with E-state index < -0.39 is 0 Å². The number of benzene rings is 3. The summed E-state index contributed by atoms with van der Waals surface area (Å²) < 4.78 is 2.20. The fourth-order valence-corrected chi connectivity index (χ4v) is 4.38. The van der Waals surface area contributed by atoms with Crippen molar-refractivity contribution in [2.24, 2.45) is 0 Å². The summed E-state index contributed by atoms with van der Waals surface area (Å²) >= 11 is 6.13. The van der Waals surface area contributed by atoms with E-state index in [1.54, 1.807) is 0 Å². The van der Waals surface area contributed by atoms with Gasteiger partial charge in [0.2, 0.25) is 0 Å². The van der Waals surface area contributed by atoms with Gasteiger partial charge in [-0.3, -0.25) is 9.58 Å². The molecule has 0 N–H and O–H groups in total. The van der Waals surface area contributed by atoms with Crippen molar-refractivity contribution < 1.29 is 0 Å². The number of hydrogen-bond acceptors (Lipinski definition) is 2. The monoisotopic (exact) mass is 413 g/mol. The Kier molecular flexibility index (Phi) is 5.39. The highest BCUT2D eigenvalue weighted by molar-refractivity contribution is 6.30. The molecule has 1 aromatic heterocycles. The second-order valence-corrected chi connectivity index (χ2v) is 8.31. The van der Waals surface area contributed by atoms with Gasteiger partial charge in [0.25, 0.3) is 0 Å². The molecule has 0 bridgehead atoms. The second kappa shape index (κ2) is 8.47. The lowest BCUT2D eigenvalue weighted by Gasteiger charge is -2.28. The van der Waals surface area contributed by atoms with Crippen LogP contribution in [0.25, 0.3) is 11.3 Å². The highest BCUT2D eigenvalue weighted by Crippen LogP contribution is 2.31. The zero-order valence-electron chi connectivity index (χ0n) is 16.8. The van der Waals surface area contributed by atoms with Crippen LogP contribution in [-0.4, -0.2) is 21.2 Å². The fraction of sp³-hybridized carbons (Fsp3) is 0.192. The van der Waals surface area contributed by atoms with E-state index in [2.05, 4.69) is 82.4 Å². The van der Waals surface area contributed by atoms with Crippen molar-refractivity contribution in [1.82, 2.24) is 14.7 Å². The standard InChI is InChI=1S/C26H24ClN3/c27-23-13-11-22(12-14-23)26-24-19-29(17-20-7-3-1-4-8-20)16-15-25(24)30(28-26)18-21-9-5-2-6-10-21/h1-14H,15-19H2. The van der Waals surface area contributed by atoms with E-state index in [-0.39, 0.29) is 0 Å². The van der Waals surface area contributed by atoms with Gasteiger partial charge in [-0.1, -0.05) is 84.4 Å². The van der Waals surface area contributed by atoms with Gasteiger partial charge in [-0.2, -0.15) is 5.10 Å². The molecular formula is C26H24ClN3. The van der Waals surface area contributed by atoms with E-state index in [0.29, 0.717) is 0 Å². The molecule has 0 radical (unpaired) electrons. The van der Waals surface area contributed by atoms with Crippen LogP contribution in [0.15, 0.2) is 84.9 Å². The van der Waals surface area contributed by atoms with Crippen molar-refractivity contribution in [1.29, 1.82) is 0 Å². The number of hydrogen-bond donors (Lipinski definition) is 0. The number of nitrogens with zero attached hydrogens (tertiary/aromatic N) is 3. The van der Waals surface area contributed by atoms with Gasteiger partial charge in [0.1, 0.15) is 0 Å². The Balaban J connectivity index is 1.49. The van der Waals surface area contributed by atoms with Crippen molar-refractivity contribution in [3.8, 4) is 11.3 Å². The van der Waals surface area contributed by atoms with Gasteiger partial charge < -0.3 is 0 Å². The first kappa shape index (κ1) is 19.1. The maximum Gasteiger partial charge on any atom is 0.0971 e. The summed E-state index contributed by atoms with van der Waals surface area (Å²) in [6.07, 6.45) is 1.01. The average Bonchev–Trinajstić information content (AvgIpc) is 3.13. The van der Waals surface area contributed by atoms with E-state index in [4.69, 9.17) is 16.7 Å². The molecule has 0 unspecified atom stereocenters. The average molecular weight is 414 g/mol. The summed E-state index contributed by atoms with van der Waals surface area (Å²) in [7, 11) is 0. The third-order valence-electron chi connectivity index (χ3n) is 5.75. The van der Waals surface area contributed by atoms with Gasteiger partial charge >= 0.3 is 0 Å². The third kappa shape index (κ3) is 4.04. The van der Waals surface area contributed by atoms with Crippen LogP contribution in [0.2, 0.25) is 5.02 Å². The van der Waals surface area contributed by atoms with Gasteiger partial charge in [0, 0.05) is 47.9 Å². The summed E-state index contributed by atoms with van der Waals surface area (Å²) in [6, 6.07) is 29.3. The summed E-state index contributed by atoms with van der Waals surface area (Å²) in [5.41, 5.74) is 7.53. The largest absolute Gasteiger partial charge is 0.294 e. The van der Waals surface area contributed by atoms with Gasteiger partial charge in [0.05, 0.1) is 12.2 Å². The second-order valence-electron chi connectivity index (χ2n) is 7.87. The lowest BCUT2D eigenvalue weighted by molar-refractivity contribution is 0.243. The smallest absolute Gasteiger partial charge is 0.0971 e. The van der Waals surface area contributed by atoms with Crippen LogP contribution in [-0.2, 0) is 26.1 Å². The molecule has 4 heteroatoms. The Hall–Kier alpha value is -2.88. The molecule has 2 heterocycles. The predicted molar refractivity (Wildman–Crippen MR) is 122 cm³/mol. The zero-order chi connectivity index (χ0) is 20.3. The first-order chi connectivity index (χ1) is 14.8. The van der Waals surface area contributed by atoms with Crippen molar-refractivity contribution in [3.63, 3.8) is 0 Å². The molecule has 30 heavy (non-hydrogen) atoms. The minimum absolute atomic E-state index is 0.752. The maximum absolute atomic E-state index is 6.13. The van der Waals surface area contributed by atoms with Crippen molar-refractivity contribution in [2.45, 2.75) is 26.1 Å². The number of rotatable bonds is 5. The van der Waals surface area contributed by atoms with Crippen LogP contribution in [0.5, 0.6) is 0 Å². The topological polar surface area (TPSA) is 21.1 Å². The van der Waals surface area contributed by atoms with E-state index in [9.17, 15) is 0 Å². The van der Waals surface area contributed by atoms with E-state index in [1.807, 2.05) is 12.1 Å². The Morgan fingerprint density at radius 2 is 1.40 bits per heavy atom. The first-order valence-electron chi connectivity index (χ1n) is 10.4. The first-order valence-corrected chi connectivity index (χ1v) is 10.8. The van der Waals surface area contributed by atoms with Crippen LogP contribution < -0.4 is 0 Å². The maximum atomic E-state index is 6.13. The summed E-state index contributed by atoms with van der Waals surface area (Å²) in [4.78, 5) is 2.52. The number of fused-ring (bicyclic) bond motifs is 1. The molecule has 3 aromatic carbocycles. The van der Waals surface area contributed by atoms with Crippen LogP contribution in [0.4, 0.5) is 0 Å². The Morgan fingerprint density at radius 1 is 0.767 bits per heavy atom. The minimum atomic E-state index is 0.752. The quantitative estimate of drug-likeness (QED) is 0.411. The Labute approximate surface area is 182 Å². The fourth-order valence-electron chi connectivity index (χ4n) is 4.25. The molecule has 0 saturated heterocycles. The molecule has 0 atom stereocenters. The molecule has 4 aromatic rings. The molecule has 3 nitrogen and oxygen atoms in total. The van der Waals surface area contributed by atoms with Gasteiger partial charge in [0.15, 0.2) is 0 Å². The van der Waals surface area contributed by atoms with Crippen LogP contribution >= 0.6 is 11.6 Å². The molecule has 0 saturated carbocycles. The summed E-state index contributed by atoms with van der Waals surface area (Å²) in [5, 5.41) is 5.83. The molecule has 5 rings (SSSR count). The molecule has 0 amide bonds. The van der Waals surface area contributed by atoms with Crippen molar-refractivity contribution >= 4 is 11.6 Å². The number of aromatic nitrogens is 2. The molecular weight excluding hydrogens is 390 g/mol. The third-order valence-corrected chi connectivity index (χ3v) is 6.01. The number of halogens is 1. The normalized spacial score (nSPS) is 13.9. The molecule has 150 valence electrons. The van der Waals surface area contributed by atoms with E-state index in [0.717, 1.165) is 48.9 Å². The highest BCUT2D eigenvalue weighted by atomic mass is 35.5. The Morgan fingerprint density at radius 3 is 2.07 bits per heavy atom. The predicted octanol–water partition coefficient (Wildman–Crippen LogP) is 5.81. The molecule has 0 spiro atoms. The van der Waals surface area contributed by atoms with Gasteiger partial charge in [-0.15, -0.1) is 0 Å². The van der Waals surface area contributed by atoms with Gasteiger partial charge in [-0.05, 0) is 23.3 Å². The van der Waals surface area contributed by atoms with Crippen LogP contribution in [0, 0.1) is 0 Å². The molecule has 1 aliphatic rings. The zero-order valence-corrected chi connectivity index (χ0v) is 17.6. The lowest BCUT2D eigenvalue weighted by Crippen LogP contribution is -2.31. The molecule has 0 aliphatic carbocycles. The van der Waals surface area contributed by atoms with Crippen LogP contribution in [0.3, 0.4) is 0 Å². The van der Waals surface area contributed by atoms with Gasteiger partial charge in [-0.25, -0.2) is 0 Å². The highest BCUT2D eigenvalue weighted by Gasteiger charge is 2.25. The van der Waals surface area contributed by atoms with E-state index in [1.165, 1.54) is 22.4 Å². The van der Waals surface area contributed by atoms with Crippen LogP contribution in [0.1, 0.15) is 22.4 Å².